The molecule has 0 atom stereocenters. The summed E-state index contributed by atoms with van der Waals surface area (Å²) >= 11 is 2.24. The molecule has 21 heavy (non-hydrogen) atoms. The van der Waals surface area contributed by atoms with E-state index in [4.69, 9.17) is 10.5 Å². The summed E-state index contributed by atoms with van der Waals surface area (Å²) in [5.41, 5.74) is 8.89. The van der Waals surface area contributed by atoms with Gasteiger partial charge in [0.2, 0.25) is 0 Å². The first kappa shape index (κ1) is 14.3. The second-order valence-corrected chi connectivity index (χ2v) is 5.90. The molecule has 1 aromatic heterocycles. The van der Waals surface area contributed by atoms with Crippen molar-refractivity contribution >= 4 is 33.5 Å². The van der Waals surface area contributed by atoms with Crippen molar-refractivity contribution in [1.29, 1.82) is 0 Å². The number of hydrogen-bond acceptors (Lipinski definition) is 3. The van der Waals surface area contributed by atoms with Crippen LogP contribution < -0.4 is 10.5 Å². The lowest BCUT2D eigenvalue weighted by atomic mass is 10.1. The van der Waals surface area contributed by atoms with E-state index in [9.17, 15) is 0 Å². The van der Waals surface area contributed by atoms with Crippen LogP contribution >= 0.6 is 22.6 Å². The average molecular weight is 393 g/mol. The smallest absolute Gasteiger partial charge is 0.145 e. The molecule has 2 N–H and O–H groups in total. The molecule has 0 radical (unpaired) electrons. The lowest BCUT2D eigenvalue weighted by Gasteiger charge is -2.09. The predicted octanol–water partition coefficient (Wildman–Crippen LogP) is 3.22. The lowest BCUT2D eigenvalue weighted by Crippen LogP contribution is -2.00. The van der Waals surface area contributed by atoms with Crippen LogP contribution in [0.15, 0.2) is 42.5 Å². The maximum Gasteiger partial charge on any atom is 0.145 e. The molecule has 3 rings (SSSR count). The zero-order valence-corrected chi connectivity index (χ0v) is 13.9. The van der Waals surface area contributed by atoms with Crippen LogP contribution in [0, 0.1) is 3.70 Å². The van der Waals surface area contributed by atoms with Crippen molar-refractivity contribution in [2.45, 2.75) is 13.2 Å². The summed E-state index contributed by atoms with van der Waals surface area (Å²) in [6, 6.07) is 14.2. The molecule has 0 unspecified atom stereocenters. The van der Waals surface area contributed by atoms with Crippen LogP contribution in [0.3, 0.4) is 0 Å². The number of halogens is 1. The summed E-state index contributed by atoms with van der Waals surface area (Å²) in [6.45, 7) is 1.10. The number of hydrogen-bond donors (Lipinski definition) is 1. The van der Waals surface area contributed by atoms with Crippen molar-refractivity contribution in [3.05, 3.63) is 57.3 Å². The normalized spacial score (nSPS) is 11.0. The van der Waals surface area contributed by atoms with E-state index in [2.05, 4.69) is 45.9 Å². The molecule has 2 aromatic carbocycles. The van der Waals surface area contributed by atoms with Crippen molar-refractivity contribution in [3.63, 3.8) is 0 Å². The van der Waals surface area contributed by atoms with Gasteiger partial charge in [0.25, 0.3) is 0 Å². The number of aryl methyl sites for hydroxylation is 1. The largest absolute Gasteiger partial charge is 0.487 e. The highest BCUT2D eigenvalue weighted by Gasteiger charge is 2.11. The topological polar surface area (TPSA) is 53.1 Å². The molecule has 0 bridgehead atoms. The van der Waals surface area contributed by atoms with E-state index in [1.54, 1.807) is 0 Å². The van der Waals surface area contributed by atoms with Gasteiger partial charge in [-0.05, 0) is 45.9 Å². The summed E-state index contributed by atoms with van der Waals surface area (Å²) in [7, 11) is 1.94. The van der Waals surface area contributed by atoms with Crippen LogP contribution in [0.5, 0.6) is 5.75 Å². The van der Waals surface area contributed by atoms with Gasteiger partial charge < -0.3 is 10.5 Å². The number of ether oxygens (including phenoxy) is 1. The quantitative estimate of drug-likeness (QED) is 0.693. The fraction of sp³-hybridized carbons (Fsp3) is 0.188. The van der Waals surface area contributed by atoms with Gasteiger partial charge in [0.1, 0.15) is 21.6 Å². The van der Waals surface area contributed by atoms with Crippen LogP contribution in [0.2, 0.25) is 0 Å². The van der Waals surface area contributed by atoms with Gasteiger partial charge in [-0.1, -0.05) is 30.3 Å². The summed E-state index contributed by atoms with van der Waals surface area (Å²) in [5.74, 6) is 0.855. The Balaban J connectivity index is 1.84. The SMILES string of the molecule is Cn1nc(I)c2cccc(OCc3ccc(CN)cc3)c21. The molecule has 0 fully saturated rings. The van der Waals surface area contributed by atoms with Gasteiger partial charge in [-0.3, -0.25) is 4.68 Å². The molecule has 0 aliphatic carbocycles. The van der Waals surface area contributed by atoms with E-state index >= 15 is 0 Å². The molecule has 3 aromatic rings. The molecule has 1 heterocycles. The Morgan fingerprint density at radius 2 is 1.86 bits per heavy atom. The van der Waals surface area contributed by atoms with Crippen molar-refractivity contribution in [1.82, 2.24) is 9.78 Å². The number of nitrogens with zero attached hydrogens (tertiary/aromatic N) is 2. The monoisotopic (exact) mass is 393 g/mol. The maximum atomic E-state index is 5.98. The molecule has 5 heteroatoms. The highest BCUT2D eigenvalue weighted by molar-refractivity contribution is 14.1. The second-order valence-electron chi connectivity index (χ2n) is 4.88. The Bertz CT molecular complexity index is 765. The number of benzene rings is 2. The molecule has 108 valence electrons. The van der Waals surface area contributed by atoms with Gasteiger partial charge >= 0.3 is 0 Å². The van der Waals surface area contributed by atoms with Crippen LogP contribution in [-0.4, -0.2) is 9.78 Å². The van der Waals surface area contributed by atoms with Gasteiger partial charge in [0, 0.05) is 19.0 Å². The molecule has 0 aliphatic heterocycles. The third-order valence-electron chi connectivity index (χ3n) is 3.44. The first-order chi connectivity index (χ1) is 10.2. The minimum absolute atomic E-state index is 0.533. The Labute approximate surface area is 137 Å². The molecule has 0 saturated carbocycles. The van der Waals surface area contributed by atoms with Crippen molar-refractivity contribution in [2.24, 2.45) is 12.8 Å². The molecule has 0 saturated heterocycles. The second kappa shape index (κ2) is 6.03. The van der Waals surface area contributed by atoms with Gasteiger partial charge in [-0.25, -0.2) is 0 Å². The highest BCUT2D eigenvalue weighted by Crippen LogP contribution is 2.28. The van der Waals surface area contributed by atoms with E-state index in [0.29, 0.717) is 13.2 Å². The Kier molecular flexibility index (Phi) is 4.12. The maximum absolute atomic E-state index is 5.98. The fourth-order valence-electron chi connectivity index (χ4n) is 2.31. The average Bonchev–Trinajstić information content (AvgIpc) is 2.81. The van der Waals surface area contributed by atoms with Crippen LogP contribution in [0.25, 0.3) is 10.9 Å². The van der Waals surface area contributed by atoms with Crippen LogP contribution in [0.4, 0.5) is 0 Å². The Hall–Kier alpha value is -1.60. The molecular weight excluding hydrogens is 377 g/mol. The summed E-state index contributed by atoms with van der Waals surface area (Å²) in [4.78, 5) is 0. The standard InChI is InChI=1S/C16H16IN3O/c1-20-15-13(16(17)19-20)3-2-4-14(15)21-10-12-7-5-11(9-18)6-8-12/h2-8H,9-10,18H2,1H3. The third kappa shape index (κ3) is 2.89. The molecule has 0 spiro atoms. The Morgan fingerprint density at radius 3 is 2.57 bits per heavy atom. The number of para-hydroxylation sites is 1. The van der Waals surface area contributed by atoms with E-state index in [1.807, 2.05) is 36.0 Å². The zero-order chi connectivity index (χ0) is 14.8. The van der Waals surface area contributed by atoms with Gasteiger partial charge in [-0.15, -0.1) is 0 Å². The van der Waals surface area contributed by atoms with Crippen LogP contribution in [0.1, 0.15) is 11.1 Å². The predicted molar refractivity (Wildman–Crippen MR) is 92.1 cm³/mol. The van der Waals surface area contributed by atoms with E-state index in [0.717, 1.165) is 31.5 Å². The zero-order valence-electron chi connectivity index (χ0n) is 11.7. The number of rotatable bonds is 4. The molecule has 0 amide bonds. The van der Waals surface area contributed by atoms with Gasteiger partial charge in [0.15, 0.2) is 0 Å². The van der Waals surface area contributed by atoms with Crippen molar-refractivity contribution in [2.75, 3.05) is 0 Å². The number of aromatic nitrogens is 2. The molecule has 0 aliphatic rings. The van der Waals surface area contributed by atoms with Gasteiger partial charge in [-0.2, -0.15) is 5.10 Å². The minimum Gasteiger partial charge on any atom is -0.487 e. The summed E-state index contributed by atoms with van der Waals surface area (Å²) < 4.78 is 8.83. The van der Waals surface area contributed by atoms with Crippen LogP contribution in [-0.2, 0) is 20.2 Å². The summed E-state index contributed by atoms with van der Waals surface area (Å²) in [6.07, 6.45) is 0. The summed E-state index contributed by atoms with van der Waals surface area (Å²) in [5, 5.41) is 5.56. The van der Waals surface area contributed by atoms with E-state index < -0.39 is 0 Å². The first-order valence-electron chi connectivity index (χ1n) is 6.71. The molecule has 4 nitrogen and oxygen atoms in total. The highest BCUT2D eigenvalue weighted by atomic mass is 127. The first-order valence-corrected chi connectivity index (χ1v) is 7.79. The Morgan fingerprint density at radius 1 is 1.14 bits per heavy atom. The number of nitrogens with two attached hydrogens (primary N) is 1. The minimum atomic E-state index is 0.533. The van der Waals surface area contributed by atoms with Gasteiger partial charge in [0.05, 0.1) is 0 Å². The van der Waals surface area contributed by atoms with E-state index in [1.165, 1.54) is 0 Å². The lowest BCUT2D eigenvalue weighted by molar-refractivity contribution is 0.308. The van der Waals surface area contributed by atoms with Crippen molar-refractivity contribution in [3.8, 4) is 5.75 Å². The molecular formula is C16H16IN3O. The number of fused-ring (bicyclic) bond motifs is 1. The van der Waals surface area contributed by atoms with Crippen molar-refractivity contribution < 1.29 is 4.74 Å². The third-order valence-corrected chi connectivity index (χ3v) is 4.23. The fourth-order valence-corrected chi connectivity index (χ4v) is 3.07. The van der Waals surface area contributed by atoms with E-state index in [-0.39, 0.29) is 0 Å².